The number of benzene rings is 1. The number of sulfone groups is 1. The molecule has 9 nitrogen and oxygen atoms in total. The Morgan fingerprint density at radius 1 is 1.10 bits per heavy atom. The number of hydrogen-bond acceptors (Lipinski definition) is 8. The normalized spacial score (nSPS) is 17.6. The monoisotopic (exact) mass is 558 g/mol. The summed E-state index contributed by atoms with van der Waals surface area (Å²) in [6.07, 6.45) is 3.94. The molecule has 208 valence electrons. The van der Waals surface area contributed by atoms with E-state index in [0.29, 0.717) is 23.3 Å². The number of piperazine rings is 1. The van der Waals surface area contributed by atoms with E-state index < -0.39 is 9.84 Å². The van der Waals surface area contributed by atoms with Crippen LogP contribution in [0.1, 0.15) is 41.9 Å². The largest absolute Gasteiger partial charge is 0.351 e. The van der Waals surface area contributed by atoms with Crippen LogP contribution in [0, 0.1) is 6.92 Å². The van der Waals surface area contributed by atoms with Gasteiger partial charge < -0.3 is 15.5 Å². The summed E-state index contributed by atoms with van der Waals surface area (Å²) < 4.78 is 24.1. The van der Waals surface area contributed by atoms with Gasteiger partial charge in [0, 0.05) is 48.6 Å². The lowest BCUT2D eigenvalue weighted by Crippen LogP contribution is -2.55. The van der Waals surface area contributed by atoms with Crippen LogP contribution in [-0.2, 0) is 16.4 Å². The van der Waals surface area contributed by atoms with Crippen LogP contribution in [0.25, 0.3) is 22.3 Å². The maximum atomic E-state index is 12.8. The van der Waals surface area contributed by atoms with Crippen LogP contribution in [0.3, 0.4) is 0 Å². The van der Waals surface area contributed by atoms with Crippen molar-refractivity contribution in [2.24, 2.45) is 0 Å². The molecular weight excluding hydrogens is 524 g/mol. The Balaban J connectivity index is 1.35. The van der Waals surface area contributed by atoms with E-state index in [4.69, 9.17) is 9.97 Å². The third kappa shape index (κ3) is 5.97. The molecule has 2 N–H and O–H groups in total. The fraction of sp³-hybridized carbons (Fsp3) is 0.333. The van der Waals surface area contributed by atoms with Gasteiger partial charge in [0.25, 0.3) is 5.91 Å². The SMILES string of the molecule is CC[C@H]1CN(c2cccc(-c3ccc4cnc(CNC(=O)c5ccc(C)c(S(C)(=O)=O)c5)cc4n3)n2)[C@H](C)CN1. The van der Waals surface area contributed by atoms with E-state index in [1.165, 1.54) is 6.07 Å². The molecule has 0 aliphatic carbocycles. The Kier molecular flexibility index (Phi) is 7.82. The molecule has 1 saturated heterocycles. The number of pyridine rings is 3. The molecule has 0 bridgehead atoms. The van der Waals surface area contributed by atoms with E-state index >= 15 is 0 Å². The second-order valence-corrected chi connectivity index (χ2v) is 12.4. The van der Waals surface area contributed by atoms with Gasteiger partial charge in [0.1, 0.15) is 5.82 Å². The van der Waals surface area contributed by atoms with Crippen molar-refractivity contribution in [2.75, 3.05) is 24.2 Å². The molecular formula is C30H34N6O3S. The van der Waals surface area contributed by atoms with Gasteiger partial charge in [-0.3, -0.25) is 9.78 Å². The predicted octanol–water partition coefficient (Wildman–Crippen LogP) is 3.91. The van der Waals surface area contributed by atoms with Gasteiger partial charge in [-0.15, -0.1) is 0 Å². The van der Waals surface area contributed by atoms with Crippen molar-refractivity contribution in [3.8, 4) is 11.4 Å². The molecule has 1 amide bonds. The lowest BCUT2D eigenvalue weighted by atomic mass is 10.1. The Morgan fingerprint density at radius 2 is 1.90 bits per heavy atom. The van der Waals surface area contributed by atoms with Crippen LogP contribution in [-0.4, -0.2) is 60.7 Å². The van der Waals surface area contributed by atoms with Gasteiger partial charge in [0.05, 0.1) is 34.0 Å². The lowest BCUT2D eigenvalue weighted by Gasteiger charge is -2.39. The van der Waals surface area contributed by atoms with Crippen LogP contribution >= 0.6 is 0 Å². The fourth-order valence-electron chi connectivity index (χ4n) is 4.96. The molecule has 0 spiro atoms. The molecule has 2 atom stereocenters. The van der Waals surface area contributed by atoms with Gasteiger partial charge in [-0.05, 0) is 68.3 Å². The Bertz CT molecular complexity index is 1670. The van der Waals surface area contributed by atoms with E-state index in [1.54, 1.807) is 25.3 Å². The van der Waals surface area contributed by atoms with E-state index in [9.17, 15) is 13.2 Å². The quantitative estimate of drug-likeness (QED) is 0.351. The van der Waals surface area contributed by atoms with E-state index in [2.05, 4.69) is 40.4 Å². The van der Waals surface area contributed by atoms with Crippen LogP contribution in [0.2, 0.25) is 0 Å². The maximum Gasteiger partial charge on any atom is 0.251 e. The van der Waals surface area contributed by atoms with Crippen molar-refractivity contribution >= 4 is 32.5 Å². The number of carbonyl (C=O) groups excluding carboxylic acids is 1. The molecule has 1 fully saturated rings. The van der Waals surface area contributed by atoms with Crippen molar-refractivity contribution < 1.29 is 13.2 Å². The first kappa shape index (κ1) is 27.7. The Hall–Kier alpha value is -3.89. The minimum atomic E-state index is -3.44. The fourth-order valence-corrected chi connectivity index (χ4v) is 5.95. The number of hydrogen-bond donors (Lipinski definition) is 2. The standard InChI is InChI=1S/C30H34N6O3S/c1-5-23-18-36(20(3)15-31-23)29-8-6-7-25(35-29)26-12-11-22-16-32-24(14-27(22)34-26)17-33-30(37)21-10-9-19(2)28(13-21)40(4,38)39/h6-14,16,20,23,31H,5,15,17-18H2,1-4H3,(H,33,37)/t20-,23+/m1/s1. The number of aromatic nitrogens is 3. The first-order valence-corrected chi connectivity index (χ1v) is 15.3. The van der Waals surface area contributed by atoms with Crippen molar-refractivity contribution in [3.05, 3.63) is 77.6 Å². The van der Waals surface area contributed by atoms with Crippen LogP contribution in [0.15, 0.2) is 65.7 Å². The molecule has 0 unspecified atom stereocenters. The number of carbonyl (C=O) groups is 1. The molecule has 4 aromatic rings. The highest BCUT2D eigenvalue weighted by Gasteiger charge is 2.25. The van der Waals surface area contributed by atoms with Crippen molar-refractivity contribution in [2.45, 2.75) is 50.7 Å². The van der Waals surface area contributed by atoms with Gasteiger partial charge >= 0.3 is 0 Å². The average molecular weight is 559 g/mol. The van der Waals surface area contributed by atoms with Crippen LogP contribution in [0.4, 0.5) is 5.82 Å². The summed E-state index contributed by atoms with van der Waals surface area (Å²) >= 11 is 0. The highest BCUT2D eigenvalue weighted by Crippen LogP contribution is 2.24. The molecule has 1 aromatic carbocycles. The number of fused-ring (bicyclic) bond motifs is 1. The van der Waals surface area contributed by atoms with E-state index in [-0.39, 0.29) is 22.9 Å². The zero-order chi connectivity index (χ0) is 28.4. The van der Waals surface area contributed by atoms with Crippen molar-refractivity contribution in [3.63, 3.8) is 0 Å². The molecule has 10 heteroatoms. The first-order chi connectivity index (χ1) is 19.1. The van der Waals surface area contributed by atoms with Gasteiger partial charge in [-0.1, -0.05) is 19.1 Å². The third-order valence-electron chi connectivity index (χ3n) is 7.35. The van der Waals surface area contributed by atoms with Crippen molar-refractivity contribution in [1.29, 1.82) is 0 Å². The van der Waals surface area contributed by atoms with E-state index in [1.807, 2.05) is 30.3 Å². The highest BCUT2D eigenvalue weighted by atomic mass is 32.2. The van der Waals surface area contributed by atoms with Crippen molar-refractivity contribution in [1.82, 2.24) is 25.6 Å². The van der Waals surface area contributed by atoms with Crippen LogP contribution in [0.5, 0.6) is 0 Å². The molecule has 4 heterocycles. The summed E-state index contributed by atoms with van der Waals surface area (Å²) in [5.74, 6) is 0.571. The van der Waals surface area contributed by atoms with Crippen LogP contribution < -0.4 is 15.5 Å². The summed E-state index contributed by atoms with van der Waals surface area (Å²) in [5, 5.41) is 7.30. The second kappa shape index (κ2) is 11.3. The van der Waals surface area contributed by atoms with Gasteiger partial charge in [-0.2, -0.15) is 0 Å². The summed E-state index contributed by atoms with van der Waals surface area (Å²) in [7, 11) is -3.44. The molecule has 40 heavy (non-hydrogen) atoms. The Labute approximate surface area is 235 Å². The molecule has 1 aliphatic rings. The smallest absolute Gasteiger partial charge is 0.251 e. The van der Waals surface area contributed by atoms with Gasteiger partial charge in [0.15, 0.2) is 9.84 Å². The number of nitrogens with zero attached hydrogens (tertiary/aromatic N) is 4. The molecule has 0 saturated carbocycles. The Morgan fingerprint density at radius 3 is 2.67 bits per heavy atom. The molecule has 3 aromatic heterocycles. The summed E-state index contributed by atoms with van der Waals surface area (Å²) in [6.45, 7) is 8.12. The summed E-state index contributed by atoms with van der Waals surface area (Å²) in [6, 6.07) is 17.3. The first-order valence-electron chi connectivity index (χ1n) is 13.4. The maximum absolute atomic E-state index is 12.8. The second-order valence-electron chi connectivity index (χ2n) is 10.4. The van der Waals surface area contributed by atoms with Gasteiger partial charge in [0.2, 0.25) is 0 Å². The molecule has 5 rings (SSSR count). The van der Waals surface area contributed by atoms with Gasteiger partial charge in [-0.25, -0.2) is 18.4 Å². The third-order valence-corrected chi connectivity index (χ3v) is 8.58. The minimum absolute atomic E-state index is 0.148. The highest BCUT2D eigenvalue weighted by molar-refractivity contribution is 7.90. The average Bonchev–Trinajstić information content (AvgIpc) is 2.95. The van der Waals surface area contributed by atoms with E-state index in [0.717, 1.165) is 53.9 Å². The topological polar surface area (TPSA) is 117 Å². The number of rotatable bonds is 7. The number of nitrogens with one attached hydrogen (secondary N) is 2. The summed E-state index contributed by atoms with van der Waals surface area (Å²) in [4.78, 5) is 29.6. The zero-order valence-electron chi connectivity index (χ0n) is 23.2. The number of anilines is 1. The number of amides is 1. The number of aryl methyl sites for hydroxylation is 1. The zero-order valence-corrected chi connectivity index (χ0v) is 24.0. The predicted molar refractivity (Wildman–Crippen MR) is 157 cm³/mol. The molecule has 1 aliphatic heterocycles. The minimum Gasteiger partial charge on any atom is -0.351 e. The summed E-state index contributed by atoms with van der Waals surface area (Å²) in [5.41, 5.74) is 3.83. The lowest BCUT2D eigenvalue weighted by molar-refractivity contribution is 0.0950. The molecule has 0 radical (unpaired) electrons.